The van der Waals surface area contributed by atoms with Gasteiger partial charge in [-0.2, -0.15) is 4.98 Å². The second-order valence-corrected chi connectivity index (χ2v) is 13.4. The van der Waals surface area contributed by atoms with Crippen molar-refractivity contribution in [3.8, 4) is 16.9 Å². The molecule has 12 nitrogen and oxygen atoms in total. The topological polar surface area (TPSA) is 142 Å². The third-order valence-corrected chi connectivity index (χ3v) is 9.23. The normalized spacial score (nSPS) is 19.4. The summed E-state index contributed by atoms with van der Waals surface area (Å²) >= 11 is 0. The van der Waals surface area contributed by atoms with E-state index in [1.165, 1.54) is 30.5 Å². The first kappa shape index (κ1) is 34.3. The zero-order valence-corrected chi connectivity index (χ0v) is 28.6. The van der Waals surface area contributed by atoms with Gasteiger partial charge in [-0.15, -0.1) is 0 Å². The van der Waals surface area contributed by atoms with Gasteiger partial charge in [0.2, 0.25) is 11.8 Å². The summed E-state index contributed by atoms with van der Waals surface area (Å²) in [4.78, 5) is 71.8. The molecule has 50 heavy (non-hydrogen) atoms. The van der Waals surface area contributed by atoms with Crippen LogP contribution in [0.5, 0.6) is 0 Å². The summed E-state index contributed by atoms with van der Waals surface area (Å²) in [6.07, 6.45) is 2.73. The number of carbonyl (C=O) groups is 3. The Labute approximate surface area is 287 Å². The third-order valence-electron chi connectivity index (χ3n) is 9.23. The number of anilines is 2. The zero-order chi connectivity index (χ0) is 36.2. The zero-order valence-electron chi connectivity index (χ0n) is 28.6. The smallest absolute Gasteiger partial charge is 0.349 e. The number of rotatable bonds is 4. The van der Waals surface area contributed by atoms with Crippen LogP contribution in [0.1, 0.15) is 63.5 Å². The molecule has 2 bridgehead atoms. The SMILES string of the molecule is C=CC(=O)N1C[C@H](C)N(c2nc(=O)n3c4nc(c(F)cc24)-c2c(F)cccc2C(=O)NC(C(C)C)C(=O)Nc2ccnc(C(C)C)c2-3)C[C@H]1C. The van der Waals surface area contributed by atoms with E-state index in [0.717, 1.165) is 16.7 Å². The van der Waals surface area contributed by atoms with Crippen molar-refractivity contribution in [3.63, 3.8) is 0 Å². The molecular weight excluding hydrogens is 646 g/mol. The molecule has 1 unspecified atom stereocenters. The minimum Gasteiger partial charge on any atom is -0.349 e. The average Bonchev–Trinajstić information content (AvgIpc) is 3.07. The monoisotopic (exact) mass is 684 g/mol. The van der Waals surface area contributed by atoms with Gasteiger partial charge in [0.05, 0.1) is 33.6 Å². The average molecular weight is 685 g/mol. The minimum atomic E-state index is -1.10. The van der Waals surface area contributed by atoms with Crippen LogP contribution in [0, 0.1) is 17.6 Å². The molecule has 1 aromatic carbocycles. The van der Waals surface area contributed by atoms with Crippen molar-refractivity contribution in [1.29, 1.82) is 0 Å². The quantitative estimate of drug-likeness (QED) is 0.298. The van der Waals surface area contributed by atoms with Gasteiger partial charge in [-0.1, -0.05) is 40.3 Å². The van der Waals surface area contributed by atoms with E-state index >= 15 is 8.78 Å². The highest BCUT2D eigenvalue weighted by molar-refractivity contribution is 6.06. The first-order valence-corrected chi connectivity index (χ1v) is 16.5. The number of pyridine rings is 2. The summed E-state index contributed by atoms with van der Waals surface area (Å²) in [5.74, 6) is -4.14. The molecule has 3 amide bonds. The number of piperazine rings is 1. The van der Waals surface area contributed by atoms with E-state index in [2.05, 4.69) is 32.2 Å². The Bertz CT molecular complexity index is 2130. The molecule has 0 spiro atoms. The van der Waals surface area contributed by atoms with E-state index in [1.54, 1.807) is 18.7 Å². The van der Waals surface area contributed by atoms with Crippen molar-refractivity contribution in [2.24, 2.45) is 5.92 Å². The number of nitrogens with zero attached hydrogens (tertiary/aromatic N) is 6. The van der Waals surface area contributed by atoms with Crippen LogP contribution in [0.2, 0.25) is 0 Å². The summed E-state index contributed by atoms with van der Waals surface area (Å²) in [7, 11) is 0. The van der Waals surface area contributed by atoms with Gasteiger partial charge < -0.3 is 20.4 Å². The number of fused-ring (bicyclic) bond motifs is 5. The number of hydrogen-bond donors (Lipinski definition) is 2. The Hall–Kier alpha value is -5.53. The maximum absolute atomic E-state index is 16.5. The van der Waals surface area contributed by atoms with E-state index < -0.39 is 52.4 Å². The van der Waals surface area contributed by atoms with Crippen molar-refractivity contribution in [2.75, 3.05) is 23.3 Å². The maximum Gasteiger partial charge on any atom is 0.355 e. The summed E-state index contributed by atoms with van der Waals surface area (Å²) in [5, 5.41) is 5.67. The van der Waals surface area contributed by atoms with E-state index in [9.17, 15) is 19.2 Å². The Morgan fingerprint density at radius 3 is 2.44 bits per heavy atom. The number of hydrogen-bond acceptors (Lipinski definition) is 8. The van der Waals surface area contributed by atoms with Crippen molar-refractivity contribution in [1.82, 2.24) is 29.7 Å². The molecule has 260 valence electrons. The van der Waals surface area contributed by atoms with Crippen LogP contribution in [0.3, 0.4) is 0 Å². The molecule has 0 aliphatic carbocycles. The molecule has 3 aromatic heterocycles. The Balaban J connectivity index is 1.73. The molecule has 0 saturated carbocycles. The summed E-state index contributed by atoms with van der Waals surface area (Å²) in [5.41, 5.74) is -1.36. The first-order valence-electron chi connectivity index (χ1n) is 16.5. The molecule has 0 radical (unpaired) electrons. The predicted molar refractivity (Wildman–Crippen MR) is 185 cm³/mol. The van der Waals surface area contributed by atoms with Crippen LogP contribution in [0.4, 0.5) is 20.3 Å². The number of carbonyl (C=O) groups excluding carboxylic acids is 3. The standard InChI is InChI=1S/C36H38F2N8O4/c1-8-26(47)44-15-20(7)45(16-19(44)6)32-22-14-24(38)30-27-21(10-9-11-23(27)37)34(48)42-29(18(4)5)35(49)40-25-12-13-39-28(17(2)3)31(25)46(33(22)41-30)36(50)43-32/h8-14,17-20,29H,1,15-16H2,2-7H3,(H,40,49)(H,42,48)/t19-,20+,29?/m1/s1. The van der Waals surface area contributed by atoms with Gasteiger partial charge in [-0.05, 0) is 56.0 Å². The van der Waals surface area contributed by atoms with Crippen LogP contribution in [0.25, 0.3) is 28.0 Å². The third kappa shape index (κ3) is 5.77. The van der Waals surface area contributed by atoms with E-state index in [4.69, 9.17) is 0 Å². The van der Waals surface area contributed by atoms with Gasteiger partial charge in [-0.25, -0.2) is 23.1 Å². The number of aromatic nitrogens is 4. The van der Waals surface area contributed by atoms with Crippen LogP contribution < -0.4 is 21.2 Å². The van der Waals surface area contributed by atoms with E-state index in [-0.39, 0.29) is 70.8 Å². The van der Waals surface area contributed by atoms with Gasteiger partial charge in [0.15, 0.2) is 11.5 Å². The van der Waals surface area contributed by atoms with E-state index in [0.29, 0.717) is 5.69 Å². The molecular formula is C36H38F2N8O4. The minimum absolute atomic E-state index is 0.0967. The molecule has 2 aliphatic heterocycles. The number of amides is 3. The van der Waals surface area contributed by atoms with E-state index in [1.807, 2.05) is 32.6 Å². The molecule has 1 fully saturated rings. The molecule has 14 heteroatoms. The number of halogens is 2. The lowest BCUT2D eigenvalue weighted by Gasteiger charge is -2.44. The Kier molecular flexibility index (Phi) is 8.97. The van der Waals surface area contributed by atoms with Crippen molar-refractivity contribution in [2.45, 2.75) is 65.6 Å². The lowest BCUT2D eigenvalue weighted by atomic mass is 9.99. The Morgan fingerprint density at radius 2 is 1.76 bits per heavy atom. The highest BCUT2D eigenvalue weighted by Gasteiger charge is 2.36. The largest absolute Gasteiger partial charge is 0.355 e. The lowest BCUT2D eigenvalue weighted by Crippen LogP contribution is -2.58. The molecule has 2 aliphatic rings. The predicted octanol–water partition coefficient (Wildman–Crippen LogP) is 4.56. The van der Waals surface area contributed by atoms with Gasteiger partial charge >= 0.3 is 5.69 Å². The molecule has 6 rings (SSSR count). The number of benzene rings is 1. The fourth-order valence-electron chi connectivity index (χ4n) is 6.69. The van der Waals surface area contributed by atoms with Gasteiger partial charge in [0.25, 0.3) is 5.91 Å². The summed E-state index contributed by atoms with van der Waals surface area (Å²) in [6, 6.07) is 4.56. The molecule has 5 heterocycles. The fourth-order valence-corrected chi connectivity index (χ4v) is 6.69. The second-order valence-electron chi connectivity index (χ2n) is 13.4. The van der Waals surface area contributed by atoms with Crippen LogP contribution in [0.15, 0.2) is 54.0 Å². The fraction of sp³-hybridized carbons (Fsp3) is 0.361. The lowest BCUT2D eigenvalue weighted by molar-refractivity contribution is -0.128. The molecule has 2 N–H and O–H groups in total. The van der Waals surface area contributed by atoms with Crippen molar-refractivity contribution >= 4 is 40.3 Å². The van der Waals surface area contributed by atoms with Gasteiger partial charge in [0, 0.05) is 31.4 Å². The maximum atomic E-state index is 16.5. The number of nitrogens with one attached hydrogen (secondary N) is 2. The van der Waals surface area contributed by atoms with Crippen LogP contribution >= 0.6 is 0 Å². The van der Waals surface area contributed by atoms with Crippen molar-refractivity contribution in [3.05, 3.63) is 82.6 Å². The van der Waals surface area contributed by atoms with Crippen LogP contribution in [-0.4, -0.2) is 73.4 Å². The highest BCUT2D eigenvalue weighted by atomic mass is 19.1. The highest BCUT2D eigenvalue weighted by Crippen LogP contribution is 2.37. The summed E-state index contributed by atoms with van der Waals surface area (Å²) in [6.45, 7) is 15.0. The van der Waals surface area contributed by atoms with Crippen molar-refractivity contribution < 1.29 is 23.2 Å². The first-order chi connectivity index (χ1) is 23.7. The second kappa shape index (κ2) is 13.1. The molecule has 3 atom stereocenters. The molecule has 1 saturated heterocycles. The van der Waals surface area contributed by atoms with Crippen LogP contribution in [-0.2, 0) is 9.59 Å². The molecule has 4 aromatic rings. The summed E-state index contributed by atoms with van der Waals surface area (Å²) < 4.78 is 33.5. The van der Waals surface area contributed by atoms with Gasteiger partial charge in [-0.3, -0.25) is 19.4 Å². The Morgan fingerprint density at radius 1 is 1.02 bits per heavy atom. The van der Waals surface area contributed by atoms with Gasteiger partial charge in [0.1, 0.15) is 23.4 Å².